The molecule has 1 aliphatic rings. The van der Waals surface area contributed by atoms with Gasteiger partial charge in [-0.2, -0.15) is 18.4 Å². The zero-order chi connectivity index (χ0) is 26.6. The Morgan fingerprint density at radius 1 is 1.05 bits per heavy atom. The molecule has 0 aliphatic carbocycles. The Morgan fingerprint density at radius 3 is 2.46 bits per heavy atom. The average Bonchev–Trinajstić information content (AvgIpc) is 3.30. The van der Waals surface area contributed by atoms with E-state index in [0.29, 0.717) is 42.9 Å². The molecule has 6 nitrogen and oxygen atoms in total. The quantitative estimate of drug-likeness (QED) is 0.432. The van der Waals surface area contributed by atoms with Crippen molar-refractivity contribution in [2.24, 2.45) is 0 Å². The van der Waals surface area contributed by atoms with Gasteiger partial charge in [0.25, 0.3) is 0 Å². The standard InChI is InChI=1S/C27H22F4N4O2/c28-25-9-6-21(15-24(25)27(29,30)31)33-26(37)35(13-12-34-11-10-23(36)17-34)22-7-4-19(5-8-22)20-3-1-2-18(14-20)16-32/h1-9,14-15H,10-13,17H2,(H,33,37). The number of rotatable bonds is 6. The molecule has 1 heterocycles. The van der Waals surface area contributed by atoms with Gasteiger partial charge in [0.1, 0.15) is 11.6 Å². The van der Waals surface area contributed by atoms with Crippen LogP contribution >= 0.6 is 0 Å². The Labute approximate surface area is 210 Å². The van der Waals surface area contributed by atoms with Gasteiger partial charge in [-0.1, -0.05) is 24.3 Å². The van der Waals surface area contributed by atoms with Crippen LogP contribution in [0.4, 0.5) is 33.7 Å². The molecule has 1 saturated heterocycles. The van der Waals surface area contributed by atoms with E-state index in [2.05, 4.69) is 11.4 Å². The minimum atomic E-state index is -4.91. The number of anilines is 2. The average molecular weight is 510 g/mol. The molecule has 4 rings (SSSR count). The molecule has 2 amide bonds. The number of likely N-dealkylation sites (tertiary alicyclic amines) is 1. The van der Waals surface area contributed by atoms with Crippen molar-refractivity contribution in [3.05, 3.63) is 83.7 Å². The number of Topliss-reactive ketones (excluding diaryl/α,β-unsaturated/α-hetero) is 1. The van der Waals surface area contributed by atoms with E-state index in [9.17, 15) is 27.2 Å². The van der Waals surface area contributed by atoms with Crippen LogP contribution in [0.25, 0.3) is 11.1 Å². The second-order valence-electron chi connectivity index (χ2n) is 8.58. The molecule has 190 valence electrons. The first kappa shape index (κ1) is 25.9. The van der Waals surface area contributed by atoms with Gasteiger partial charge >= 0.3 is 12.2 Å². The molecule has 1 N–H and O–H groups in total. The number of nitriles is 1. The summed E-state index contributed by atoms with van der Waals surface area (Å²) in [5.41, 5.74) is 0.908. The van der Waals surface area contributed by atoms with Crippen LogP contribution < -0.4 is 10.2 Å². The number of carbonyl (C=O) groups is 2. The Kier molecular flexibility index (Phi) is 7.55. The number of alkyl halides is 3. The maximum absolute atomic E-state index is 13.7. The van der Waals surface area contributed by atoms with Crippen LogP contribution in [0.2, 0.25) is 0 Å². The van der Waals surface area contributed by atoms with E-state index in [4.69, 9.17) is 5.26 Å². The normalized spacial score (nSPS) is 13.9. The fourth-order valence-electron chi connectivity index (χ4n) is 4.08. The lowest BCUT2D eigenvalue weighted by Crippen LogP contribution is -2.40. The van der Waals surface area contributed by atoms with Gasteiger partial charge in [0.2, 0.25) is 0 Å². The predicted molar refractivity (Wildman–Crippen MR) is 130 cm³/mol. The molecular weight excluding hydrogens is 488 g/mol. The van der Waals surface area contributed by atoms with Crippen molar-refractivity contribution in [2.45, 2.75) is 12.6 Å². The van der Waals surface area contributed by atoms with Crippen LogP contribution in [0.5, 0.6) is 0 Å². The van der Waals surface area contributed by atoms with E-state index < -0.39 is 23.6 Å². The first-order valence-corrected chi connectivity index (χ1v) is 11.4. The fourth-order valence-corrected chi connectivity index (χ4v) is 4.08. The molecule has 0 atom stereocenters. The first-order valence-electron chi connectivity index (χ1n) is 11.4. The van der Waals surface area contributed by atoms with Crippen LogP contribution in [-0.4, -0.2) is 42.9 Å². The Balaban J connectivity index is 1.58. The van der Waals surface area contributed by atoms with Gasteiger partial charge in [0.15, 0.2) is 0 Å². The zero-order valence-electron chi connectivity index (χ0n) is 19.6. The van der Waals surface area contributed by atoms with Crippen molar-refractivity contribution in [2.75, 3.05) is 36.4 Å². The number of nitrogens with one attached hydrogen (secondary N) is 1. The molecule has 1 fully saturated rings. The topological polar surface area (TPSA) is 76.4 Å². The summed E-state index contributed by atoms with van der Waals surface area (Å²) in [6.45, 7) is 1.38. The molecule has 0 unspecified atom stereocenters. The lowest BCUT2D eigenvalue weighted by atomic mass is 10.0. The molecular formula is C27H22F4N4O2. The molecule has 1 aliphatic heterocycles. The number of carbonyl (C=O) groups excluding carboxylic acids is 2. The molecule has 0 aromatic heterocycles. The van der Waals surface area contributed by atoms with Crippen LogP contribution in [0, 0.1) is 17.1 Å². The van der Waals surface area contributed by atoms with Crippen molar-refractivity contribution >= 4 is 23.2 Å². The van der Waals surface area contributed by atoms with E-state index in [0.717, 1.165) is 17.2 Å². The van der Waals surface area contributed by atoms with E-state index in [1.165, 1.54) is 4.90 Å². The third kappa shape index (κ3) is 6.32. The highest BCUT2D eigenvalue weighted by molar-refractivity contribution is 6.02. The van der Waals surface area contributed by atoms with Crippen LogP contribution in [0.15, 0.2) is 66.7 Å². The minimum absolute atomic E-state index is 0.103. The number of hydrogen-bond donors (Lipinski definition) is 1. The number of halogens is 4. The SMILES string of the molecule is N#Cc1cccc(-c2ccc(N(CCN3CCC(=O)C3)C(=O)Nc3ccc(F)c(C(F)(F)F)c3)cc2)c1. The summed E-state index contributed by atoms with van der Waals surface area (Å²) < 4.78 is 53.1. The van der Waals surface area contributed by atoms with Gasteiger partial charge in [-0.15, -0.1) is 0 Å². The van der Waals surface area contributed by atoms with Crippen molar-refractivity contribution < 1.29 is 27.2 Å². The summed E-state index contributed by atoms with van der Waals surface area (Å²) >= 11 is 0. The minimum Gasteiger partial charge on any atom is -0.308 e. The van der Waals surface area contributed by atoms with Crippen LogP contribution in [0.1, 0.15) is 17.5 Å². The molecule has 0 radical (unpaired) electrons. The molecule has 0 spiro atoms. The largest absolute Gasteiger partial charge is 0.419 e. The van der Waals surface area contributed by atoms with E-state index in [1.807, 2.05) is 11.0 Å². The number of amides is 2. The fraction of sp³-hybridized carbons (Fsp3) is 0.222. The zero-order valence-corrected chi connectivity index (χ0v) is 19.6. The van der Waals surface area contributed by atoms with Gasteiger partial charge in [-0.3, -0.25) is 14.6 Å². The van der Waals surface area contributed by atoms with Crippen molar-refractivity contribution in [3.8, 4) is 17.2 Å². The number of benzene rings is 3. The van der Waals surface area contributed by atoms with E-state index in [-0.39, 0.29) is 24.6 Å². The number of nitrogens with zero attached hydrogens (tertiary/aromatic N) is 3. The van der Waals surface area contributed by atoms with Gasteiger partial charge in [-0.25, -0.2) is 9.18 Å². The highest BCUT2D eigenvalue weighted by atomic mass is 19.4. The van der Waals surface area contributed by atoms with Crippen molar-refractivity contribution in [3.63, 3.8) is 0 Å². The Hall–Kier alpha value is -4.23. The third-order valence-corrected chi connectivity index (χ3v) is 6.02. The Bertz CT molecular complexity index is 1350. The van der Waals surface area contributed by atoms with Crippen molar-refractivity contribution in [1.29, 1.82) is 5.26 Å². The van der Waals surface area contributed by atoms with Crippen LogP contribution in [0.3, 0.4) is 0 Å². The van der Waals surface area contributed by atoms with E-state index >= 15 is 0 Å². The van der Waals surface area contributed by atoms with Gasteiger partial charge in [-0.05, 0) is 53.6 Å². The molecule has 37 heavy (non-hydrogen) atoms. The number of urea groups is 1. The van der Waals surface area contributed by atoms with Gasteiger partial charge in [0.05, 0.1) is 23.7 Å². The maximum Gasteiger partial charge on any atom is 0.419 e. The van der Waals surface area contributed by atoms with Gasteiger partial charge < -0.3 is 5.32 Å². The smallest absolute Gasteiger partial charge is 0.308 e. The highest BCUT2D eigenvalue weighted by Crippen LogP contribution is 2.33. The van der Waals surface area contributed by atoms with Crippen molar-refractivity contribution in [1.82, 2.24) is 4.90 Å². The van der Waals surface area contributed by atoms with Gasteiger partial charge in [0, 0.05) is 37.4 Å². The summed E-state index contributed by atoms with van der Waals surface area (Å²) in [4.78, 5) is 28.1. The summed E-state index contributed by atoms with van der Waals surface area (Å²) in [5.74, 6) is -1.33. The number of ketones is 1. The molecule has 3 aromatic rings. The van der Waals surface area contributed by atoms with E-state index in [1.54, 1.807) is 42.5 Å². The molecule has 10 heteroatoms. The summed E-state index contributed by atoms with van der Waals surface area (Å²) in [5, 5.41) is 11.6. The summed E-state index contributed by atoms with van der Waals surface area (Å²) in [6.07, 6.45) is -4.48. The third-order valence-electron chi connectivity index (χ3n) is 6.02. The lowest BCUT2D eigenvalue weighted by Gasteiger charge is -2.26. The van der Waals surface area contributed by atoms with Crippen LogP contribution in [-0.2, 0) is 11.0 Å². The lowest BCUT2D eigenvalue weighted by molar-refractivity contribution is -0.139. The second kappa shape index (κ2) is 10.8. The predicted octanol–water partition coefficient (Wildman–Crippen LogP) is 5.70. The molecule has 3 aromatic carbocycles. The maximum atomic E-state index is 13.7. The Morgan fingerprint density at radius 2 is 1.81 bits per heavy atom. The second-order valence-corrected chi connectivity index (χ2v) is 8.58. The monoisotopic (exact) mass is 510 g/mol. The molecule has 0 bridgehead atoms. The molecule has 0 saturated carbocycles. The first-order chi connectivity index (χ1) is 17.6. The number of hydrogen-bond acceptors (Lipinski definition) is 4. The summed E-state index contributed by atoms with van der Waals surface area (Å²) in [6, 6.07) is 17.6. The highest BCUT2D eigenvalue weighted by Gasteiger charge is 2.34. The summed E-state index contributed by atoms with van der Waals surface area (Å²) in [7, 11) is 0.